The van der Waals surface area contributed by atoms with Gasteiger partial charge in [-0.1, -0.05) is 12.1 Å². The Bertz CT molecular complexity index is 368. The molecule has 0 bridgehead atoms. The van der Waals surface area contributed by atoms with Gasteiger partial charge in [0.2, 0.25) is 0 Å². The maximum Gasteiger partial charge on any atom is 0.251 e. The van der Waals surface area contributed by atoms with Gasteiger partial charge in [-0.2, -0.15) is 11.8 Å². The molecule has 0 aromatic heterocycles. The zero-order valence-electron chi connectivity index (χ0n) is 11.3. The number of aliphatic hydroxyl groups excluding tert-OH is 1. The average Bonchev–Trinajstić information content (AvgIpc) is 2.46. The quantitative estimate of drug-likeness (QED) is 0.597. The normalized spacial score (nSPS) is 10.4. The summed E-state index contributed by atoms with van der Waals surface area (Å²) in [5.41, 5.74) is 1.86. The maximum absolute atomic E-state index is 11.4. The Kier molecular flexibility index (Phi) is 8.29. The van der Waals surface area contributed by atoms with Crippen molar-refractivity contribution in [3.05, 3.63) is 35.4 Å². The van der Waals surface area contributed by atoms with E-state index >= 15 is 0 Å². The minimum absolute atomic E-state index is 0.0557. The van der Waals surface area contributed by atoms with Crippen LogP contribution in [0.2, 0.25) is 0 Å². The SMILES string of the molecule is CNC(=O)c1ccc(CNCCSCCCO)cc1. The van der Waals surface area contributed by atoms with Gasteiger partial charge in [0.05, 0.1) is 0 Å². The second-order valence-electron chi connectivity index (χ2n) is 4.14. The lowest BCUT2D eigenvalue weighted by molar-refractivity contribution is 0.0963. The summed E-state index contributed by atoms with van der Waals surface area (Å²) in [6.07, 6.45) is 0.867. The molecule has 0 saturated carbocycles. The van der Waals surface area contributed by atoms with Crippen molar-refractivity contribution in [2.24, 2.45) is 0 Å². The number of amides is 1. The number of hydrogen-bond donors (Lipinski definition) is 3. The van der Waals surface area contributed by atoms with Gasteiger partial charge < -0.3 is 15.7 Å². The highest BCUT2D eigenvalue weighted by Crippen LogP contribution is 2.05. The zero-order valence-corrected chi connectivity index (χ0v) is 12.1. The fraction of sp³-hybridized carbons (Fsp3) is 0.500. The van der Waals surface area contributed by atoms with E-state index in [9.17, 15) is 4.79 Å². The van der Waals surface area contributed by atoms with E-state index in [1.807, 2.05) is 36.0 Å². The Morgan fingerprint density at radius 1 is 1.26 bits per heavy atom. The number of hydrogen-bond acceptors (Lipinski definition) is 4. The van der Waals surface area contributed by atoms with E-state index in [1.165, 1.54) is 5.56 Å². The highest BCUT2D eigenvalue weighted by molar-refractivity contribution is 7.99. The Labute approximate surface area is 119 Å². The summed E-state index contributed by atoms with van der Waals surface area (Å²) >= 11 is 1.85. The summed E-state index contributed by atoms with van der Waals surface area (Å²) < 4.78 is 0. The third-order valence-corrected chi connectivity index (χ3v) is 3.71. The summed E-state index contributed by atoms with van der Waals surface area (Å²) in [6, 6.07) is 7.62. The summed E-state index contributed by atoms with van der Waals surface area (Å²) in [5, 5.41) is 14.6. The molecule has 0 heterocycles. The highest BCUT2D eigenvalue weighted by atomic mass is 32.2. The molecular formula is C14H22N2O2S. The van der Waals surface area contributed by atoms with Crippen LogP contribution < -0.4 is 10.6 Å². The fourth-order valence-corrected chi connectivity index (χ4v) is 2.39. The van der Waals surface area contributed by atoms with Gasteiger partial charge in [-0.25, -0.2) is 0 Å². The number of aliphatic hydroxyl groups is 1. The van der Waals surface area contributed by atoms with Crippen LogP contribution in [0.3, 0.4) is 0 Å². The molecule has 19 heavy (non-hydrogen) atoms. The predicted molar refractivity (Wildman–Crippen MR) is 80.6 cm³/mol. The lowest BCUT2D eigenvalue weighted by atomic mass is 10.1. The molecule has 0 saturated heterocycles. The molecule has 0 aliphatic carbocycles. The molecule has 1 aromatic carbocycles. The van der Waals surface area contributed by atoms with Crippen molar-refractivity contribution in [1.29, 1.82) is 0 Å². The van der Waals surface area contributed by atoms with Crippen molar-refractivity contribution < 1.29 is 9.90 Å². The van der Waals surface area contributed by atoms with Gasteiger partial charge in [0, 0.05) is 38.1 Å². The number of carbonyl (C=O) groups is 1. The van der Waals surface area contributed by atoms with Crippen molar-refractivity contribution in [2.75, 3.05) is 31.7 Å². The van der Waals surface area contributed by atoms with Crippen LogP contribution in [-0.2, 0) is 6.54 Å². The van der Waals surface area contributed by atoms with Crippen molar-refractivity contribution in [3.8, 4) is 0 Å². The first-order valence-electron chi connectivity index (χ1n) is 6.48. The van der Waals surface area contributed by atoms with Crippen LogP contribution in [0, 0.1) is 0 Å². The van der Waals surface area contributed by atoms with Crippen LogP contribution in [0.15, 0.2) is 24.3 Å². The van der Waals surface area contributed by atoms with Crippen molar-refractivity contribution in [2.45, 2.75) is 13.0 Å². The van der Waals surface area contributed by atoms with E-state index in [0.717, 1.165) is 31.0 Å². The van der Waals surface area contributed by atoms with Gasteiger partial charge in [-0.15, -0.1) is 0 Å². The Morgan fingerprint density at radius 2 is 2.00 bits per heavy atom. The molecule has 0 unspecified atom stereocenters. The van der Waals surface area contributed by atoms with Crippen molar-refractivity contribution in [3.63, 3.8) is 0 Å². The Morgan fingerprint density at radius 3 is 2.63 bits per heavy atom. The van der Waals surface area contributed by atoms with Gasteiger partial charge in [0.1, 0.15) is 0 Å². The van der Waals surface area contributed by atoms with Gasteiger partial charge in [-0.3, -0.25) is 4.79 Å². The lowest BCUT2D eigenvalue weighted by Crippen LogP contribution is -2.18. The Hall–Kier alpha value is -1.04. The highest BCUT2D eigenvalue weighted by Gasteiger charge is 2.01. The van der Waals surface area contributed by atoms with E-state index in [4.69, 9.17) is 5.11 Å². The molecular weight excluding hydrogens is 260 g/mol. The molecule has 106 valence electrons. The van der Waals surface area contributed by atoms with E-state index in [2.05, 4.69) is 10.6 Å². The first-order chi connectivity index (χ1) is 9.27. The van der Waals surface area contributed by atoms with Gasteiger partial charge in [-0.05, 0) is 29.9 Å². The number of rotatable bonds is 9. The van der Waals surface area contributed by atoms with E-state index in [0.29, 0.717) is 5.56 Å². The van der Waals surface area contributed by atoms with E-state index in [-0.39, 0.29) is 12.5 Å². The van der Waals surface area contributed by atoms with Crippen molar-refractivity contribution >= 4 is 17.7 Å². The first-order valence-corrected chi connectivity index (χ1v) is 7.63. The van der Waals surface area contributed by atoms with Gasteiger partial charge in [0.25, 0.3) is 5.91 Å². The smallest absolute Gasteiger partial charge is 0.251 e. The van der Waals surface area contributed by atoms with Gasteiger partial charge >= 0.3 is 0 Å². The minimum atomic E-state index is -0.0557. The summed E-state index contributed by atoms with van der Waals surface area (Å²) in [4.78, 5) is 11.4. The van der Waals surface area contributed by atoms with Crippen LogP contribution in [0.5, 0.6) is 0 Å². The summed E-state index contributed by atoms with van der Waals surface area (Å²) in [6.45, 7) is 2.04. The second-order valence-corrected chi connectivity index (χ2v) is 5.37. The number of thioether (sulfide) groups is 1. The third-order valence-electron chi connectivity index (χ3n) is 2.64. The minimum Gasteiger partial charge on any atom is -0.396 e. The van der Waals surface area contributed by atoms with E-state index in [1.54, 1.807) is 7.05 Å². The maximum atomic E-state index is 11.4. The van der Waals surface area contributed by atoms with Crippen molar-refractivity contribution in [1.82, 2.24) is 10.6 Å². The van der Waals surface area contributed by atoms with Gasteiger partial charge in [0.15, 0.2) is 0 Å². The Balaban J connectivity index is 2.18. The lowest BCUT2D eigenvalue weighted by Gasteiger charge is -2.06. The largest absolute Gasteiger partial charge is 0.396 e. The first kappa shape index (κ1) is 16.0. The molecule has 4 nitrogen and oxygen atoms in total. The van der Waals surface area contributed by atoms with Crippen LogP contribution in [0.1, 0.15) is 22.3 Å². The topological polar surface area (TPSA) is 61.4 Å². The molecule has 0 aliphatic heterocycles. The fourth-order valence-electron chi connectivity index (χ4n) is 1.56. The molecule has 1 aromatic rings. The van der Waals surface area contributed by atoms with E-state index < -0.39 is 0 Å². The average molecular weight is 282 g/mol. The number of benzene rings is 1. The molecule has 0 spiro atoms. The molecule has 1 amide bonds. The van der Waals surface area contributed by atoms with Crippen LogP contribution >= 0.6 is 11.8 Å². The van der Waals surface area contributed by atoms with Crippen LogP contribution in [-0.4, -0.2) is 42.7 Å². The monoisotopic (exact) mass is 282 g/mol. The number of carbonyl (C=O) groups excluding carboxylic acids is 1. The van der Waals surface area contributed by atoms with Crippen LogP contribution in [0.25, 0.3) is 0 Å². The molecule has 1 rings (SSSR count). The van der Waals surface area contributed by atoms with Crippen LogP contribution in [0.4, 0.5) is 0 Å². The summed E-state index contributed by atoms with van der Waals surface area (Å²) in [5.74, 6) is 2.01. The molecule has 0 radical (unpaired) electrons. The summed E-state index contributed by atoms with van der Waals surface area (Å²) in [7, 11) is 1.63. The molecule has 5 heteroatoms. The molecule has 0 atom stereocenters. The molecule has 0 fully saturated rings. The molecule has 3 N–H and O–H groups in total. The zero-order chi connectivity index (χ0) is 13.9. The second kappa shape index (κ2) is 9.83. The molecule has 0 aliphatic rings. The predicted octanol–water partition coefficient (Wildman–Crippen LogP) is 1.25. The third kappa shape index (κ3) is 6.61. The standard InChI is InChI=1S/C14H22N2O2S/c1-15-14(18)13-5-3-12(4-6-13)11-16-7-10-19-9-2-8-17/h3-6,16-17H,2,7-11H2,1H3,(H,15,18). The number of nitrogens with one attached hydrogen (secondary N) is 2.